The van der Waals surface area contributed by atoms with Crippen molar-refractivity contribution in [1.29, 1.82) is 0 Å². The van der Waals surface area contributed by atoms with E-state index in [-0.39, 0.29) is 16.3 Å². The van der Waals surface area contributed by atoms with Crippen LogP contribution in [0.5, 0.6) is 0 Å². The largest absolute Gasteiger partial charge is 0.416 e. The van der Waals surface area contributed by atoms with Crippen molar-refractivity contribution in [2.75, 3.05) is 10.6 Å². The van der Waals surface area contributed by atoms with E-state index in [1.165, 1.54) is 12.1 Å². The first-order valence-electron chi connectivity index (χ1n) is 9.31. The molecule has 32 heavy (non-hydrogen) atoms. The van der Waals surface area contributed by atoms with Gasteiger partial charge in [0.15, 0.2) is 0 Å². The zero-order valence-electron chi connectivity index (χ0n) is 16.7. The number of rotatable bonds is 5. The van der Waals surface area contributed by atoms with Crippen molar-refractivity contribution in [3.05, 3.63) is 94.3 Å². The number of aryl methyl sites for hydroxylation is 1. The Hall–Kier alpha value is -3.65. The van der Waals surface area contributed by atoms with Gasteiger partial charge >= 0.3 is 6.18 Å². The van der Waals surface area contributed by atoms with Crippen LogP contribution in [0.4, 0.5) is 24.5 Å². The fourth-order valence-electron chi connectivity index (χ4n) is 2.73. The Labute approximate surface area is 186 Å². The minimum Gasteiger partial charge on any atom is -0.322 e. The smallest absolute Gasteiger partial charge is 0.322 e. The molecule has 1 aromatic heterocycles. The summed E-state index contributed by atoms with van der Waals surface area (Å²) in [6.07, 6.45) is 1.55. The molecule has 1 heterocycles. The lowest BCUT2D eigenvalue weighted by Gasteiger charge is -2.13. The molecule has 0 radical (unpaired) electrons. The standard InChI is InChI=1S/C23H17ClF3N3O2/c1-14-4-7-17(12-20(14)30-21(31)9-5-15-3-2-10-28-13-15)29-22(32)18-11-16(23(25,26)27)6-8-19(18)24/h2-13H,1H3,(H,29,32)(H,30,31)/b9-5+. The van der Waals surface area contributed by atoms with Gasteiger partial charge in [-0.25, -0.2) is 0 Å². The summed E-state index contributed by atoms with van der Waals surface area (Å²) < 4.78 is 38.9. The average molecular weight is 460 g/mol. The van der Waals surface area contributed by atoms with Gasteiger partial charge in [-0.1, -0.05) is 23.7 Å². The van der Waals surface area contributed by atoms with Crippen LogP contribution in [0, 0.1) is 6.92 Å². The zero-order chi connectivity index (χ0) is 23.3. The van der Waals surface area contributed by atoms with Crippen LogP contribution in [0.1, 0.15) is 27.0 Å². The van der Waals surface area contributed by atoms with E-state index >= 15 is 0 Å². The normalized spacial score (nSPS) is 11.4. The van der Waals surface area contributed by atoms with Crippen LogP contribution < -0.4 is 10.6 Å². The number of alkyl halides is 3. The minimum absolute atomic E-state index is 0.114. The van der Waals surface area contributed by atoms with Crippen molar-refractivity contribution < 1.29 is 22.8 Å². The highest BCUT2D eigenvalue weighted by Crippen LogP contribution is 2.32. The van der Waals surface area contributed by atoms with Crippen LogP contribution in [0.25, 0.3) is 6.08 Å². The summed E-state index contributed by atoms with van der Waals surface area (Å²) in [6.45, 7) is 1.76. The van der Waals surface area contributed by atoms with Crippen molar-refractivity contribution in [2.24, 2.45) is 0 Å². The first-order chi connectivity index (χ1) is 15.1. The fourth-order valence-corrected chi connectivity index (χ4v) is 2.93. The van der Waals surface area contributed by atoms with Crippen molar-refractivity contribution >= 4 is 40.9 Å². The Morgan fingerprint density at radius 3 is 2.53 bits per heavy atom. The number of amides is 2. The lowest BCUT2D eigenvalue weighted by Crippen LogP contribution is -2.15. The van der Waals surface area contributed by atoms with Crippen LogP contribution in [0.3, 0.4) is 0 Å². The highest BCUT2D eigenvalue weighted by molar-refractivity contribution is 6.34. The van der Waals surface area contributed by atoms with Crippen LogP contribution in [-0.2, 0) is 11.0 Å². The summed E-state index contributed by atoms with van der Waals surface area (Å²) >= 11 is 5.92. The molecule has 2 N–H and O–H groups in total. The third-order valence-electron chi connectivity index (χ3n) is 4.40. The van der Waals surface area contributed by atoms with Crippen molar-refractivity contribution in [1.82, 2.24) is 4.98 Å². The molecule has 3 aromatic rings. The van der Waals surface area contributed by atoms with Gasteiger partial charge in [0.05, 0.1) is 16.1 Å². The first kappa shape index (κ1) is 23.0. The third kappa shape index (κ3) is 5.95. The number of carbonyl (C=O) groups is 2. The first-order valence-corrected chi connectivity index (χ1v) is 9.69. The zero-order valence-corrected chi connectivity index (χ0v) is 17.5. The molecule has 0 saturated heterocycles. The van der Waals surface area contributed by atoms with Gasteiger partial charge in [0.25, 0.3) is 5.91 Å². The summed E-state index contributed by atoms with van der Waals surface area (Å²) in [5.41, 5.74) is 0.886. The molecule has 0 atom stereocenters. The molecule has 0 aliphatic carbocycles. The number of aromatic nitrogens is 1. The lowest BCUT2D eigenvalue weighted by atomic mass is 10.1. The van der Waals surface area contributed by atoms with E-state index in [2.05, 4.69) is 15.6 Å². The number of hydrogen-bond acceptors (Lipinski definition) is 3. The summed E-state index contributed by atoms with van der Waals surface area (Å²) in [6, 6.07) is 10.8. The van der Waals surface area contributed by atoms with Crippen LogP contribution in [-0.4, -0.2) is 16.8 Å². The molecule has 2 amide bonds. The highest BCUT2D eigenvalue weighted by atomic mass is 35.5. The second-order valence-corrected chi connectivity index (χ2v) is 7.19. The monoisotopic (exact) mass is 459 g/mol. The maximum absolute atomic E-state index is 13.0. The number of nitrogens with one attached hydrogen (secondary N) is 2. The van der Waals surface area contributed by atoms with Gasteiger partial charge in [0.2, 0.25) is 5.91 Å². The predicted octanol–water partition coefficient (Wildman–Crippen LogP) is 5.97. The summed E-state index contributed by atoms with van der Waals surface area (Å²) in [5.74, 6) is -1.21. The summed E-state index contributed by atoms with van der Waals surface area (Å²) in [7, 11) is 0. The molecular weight excluding hydrogens is 443 g/mol. The molecule has 2 aromatic carbocycles. The summed E-state index contributed by atoms with van der Waals surface area (Å²) in [5, 5.41) is 5.10. The van der Waals surface area contributed by atoms with Gasteiger partial charge in [-0.15, -0.1) is 0 Å². The number of pyridine rings is 1. The van der Waals surface area contributed by atoms with E-state index in [1.54, 1.807) is 49.7 Å². The fraction of sp³-hybridized carbons (Fsp3) is 0.0870. The molecule has 3 rings (SSSR count). The molecule has 0 aliphatic rings. The van der Waals surface area contributed by atoms with Crippen LogP contribution in [0.15, 0.2) is 67.0 Å². The van der Waals surface area contributed by atoms with E-state index < -0.39 is 23.6 Å². The molecule has 0 fully saturated rings. The van der Waals surface area contributed by atoms with Gasteiger partial charge in [0.1, 0.15) is 0 Å². The Balaban J connectivity index is 1.75. The van der Waals surface area contributed by atoms with E-state index in [0.29, 0.717) is 11.8 Å². The third-order valence-corrected chi connectivity index (χ3v) is 4.73. The molecule has 0 saturated carbocycles. The van der Waals surface area contributed by atoms with Gasteiger partial charge < -0.3 is 10.6 Å². The SMILES string of the molecule is Cc1ccc(NC(=O)c2cc(C(F)(F)F)ccc2Cl)cc1NC(=O)/C=C/c1cccnc1. The topological polar surface area (TPSA) is 71.1 Å². The van der Waals surface area contributed by atoms with Gasteiger partial charge in [0, 0.05) is 29.8 Å². The maximum Gasteiger partial charge on any atom is 0.416 e. The van der Waals surface area contributed by atoms with Crippen molar-refractivity contribution in [3.63, 3.8) is 0 Å². The minimum atomic E-state index is -4.61. The molecular formula is C23H17ClF3N3O2. The predicted molar refractivity (Wildman–Crippen MR) is 117 cm³/mol. The number of benzene rings is 2. The number of anilines is 2. The van der Waals surface area contributed by atoms with Crippen LogP contribution >= 0.6 is 11.6 Å². The quantitative estimate of drug-likeness (QED) is 0.462. The van der Waals surface area contributed by atoms with E-state index in [0.717, 1.165) is 23.3 Å². The van der Waals surface area contributed by atoms with Crippen molar-refractivity contribution in [2.45, 2.75) is 13.1 Å². The number of carbonyl (C=O) groups excluding carboxylic acids is 2. The molecule has 0 unspecified atom stereocenters. The Bertz CT molecular complexity index is 1180. The summed E-state index contributed by atoms with van der Waals surface area (Å²) in [4.78, 5) is 28.7. The van der Waals surface area contributed by atoms with Gasteiger partial charge in [-0.3, -0.25) is 14.6 Å². The Morgan fingerprint density at radius 2 is 1.84 bits per heavy atom. The highest BCUT2D eigenvalue weighted by Gasteiger charge is 2.31. The number of halogens is 4. The number of nitrogens with zero attached hydrogens (tertiary/aromatic N) is 1. The van der Waals surface area contributed by atoms with Gasteiger partial charge in [-0.2, -0.15) is 13.2 Å². The molecule has 0 bridgehead atoms. The lowest BCUT2D eigenvalue weighted by molar-refractivity contribution is -0.137. The molecule has 0 spiro atoms. The van der Waals surface area contributed by atoms with E-state index in [1.807, 2.05) is 0 Å². The van der Waals surface area contributed by atoms with E-state index in [4.69, 9.17) is 11.6 Å². The average Bonchev–Trinajstić information content (AvgIpc) is 2.75. The van der Waals surface area contributed by atoms with E-state index in [9.17, 15) is 22.8 Å². The molecule has 9 heteroatoms. The number of hydrogen-bond donors (Lipinski definition) is 2. The van der Waals surface area contributed by atoms with Gasteiger partial charge in [-0.05, 0) is 60.5 Å². The molecule has 164 valence electrons. The molecule has 5 nitrogen and oxygen atoms in total. The Kier molecular flexibility index (Phi) is 6.95. The Morgan fingerprint density at radius 1 is 1.06 bits per heavy atom. The van der Waals surface area contributed by atoms with Crippen LogP contribution in [0.2, 0.25) is 5.02 Å². The molecule has 0 aliphatic heterocycles. The van der Waals surface area contributed by atoms with Crippen molar-refractivity contribution in [3.8, 4) is 0 Å². The second-order valence-electron chi connectivity index (χ2n) is 6.79. The maximum atomic E-state index is 13.0. The second kappa shape index (κ2) is 9.65.